The Morgan fingerprint density at radius 1 is 1.15 bits per heavy atom. The Bertz CT molecular complexity index is 772. The summed E-state index contributed by atoms with van der Waals surface area (Å²) in [6, 6.07) is 4.38. The summed E-state index contributed by atoms with van der Waals surface area (Å²) in [5, 5.41) is 5.03. The molecule has 2 aliphatic rings. The van der Waals surface area contributed by atoms with Crippen LogP contribution in [0.15, 0.2) is 29.2 Å². The maximum atomic E-state index is 14.3. The van der Waals surface area contributed by atoms with Gasteiger partial charge < -0.3 is 0 Å². The highest BCUT2D eigenvalue weighted by atomic mass is 32.2. The van der Waals surface area contributed by atoms with Crippen LogP contribution in [-0.2, 0) is 16.4 Å². The molecule has 11 heteroatoms. The lowest BCUT2D eigenvalue weighted by Crippen LogP contribution is -2.44. The van der Waals surface area contributed by atoms with Gasteiger partial charge in [-0.3, -0.25) is 0 Å². The molecule has 2 fully saturated rings. The van der Waals surface area contributed by atoms with Gasteiger partial charge in [0.25, 0.3) is 16.1 Å². The Morgan fingerprint density at radius 2 is 1.69 bits per heavy atom. The van der Waals surface area contributed by atoms with E-state index in [4.69, 9.17) is 5.14 Å². The fourth-order valence-electron chi connectivity index (χ4n) is 3.60. The van der Waals surface area contributed by atoms with Gasteiger partial charge in [-0.15, -0.1) is 11.8 Å². The summed E-state index contributed by atoms with van der Waals surface area (Å²) >= 11 is 1.08. The summed E-state index contributed by atoms with van der Waals surface area (Å²) in [4.78, 5) is 0.484. The molecule has 0 aromatic heterocycles. The topological polar surface area (TPSA) is 63.4 Å². The molecule has 1 atom stereocenters. The molecule has 1 saturated carbocycles. The molecule has 26 heavy (non-hydrogen) atoms. The first kappa shape index (κ1) is 19.8. The molecule has 1 spiro atoms. The zero-order valence-electron chi connectivity index (χ0n) is 13.5. The van der Waals surface area contributed by atoms with E-state index in [2.05, 4.69) is 0 Å². The van der Waals surface area contributed by atoms with E-state index in [-0.39, 0.29) is 31.7 Å². The van der Waals surface area contributed by atoms with Gasteiger partial charge in [0.05, 0.1) is 5.56 Å². The zero-order chi connectivity index (χ0) is 19.4. The first-order chi connectivity index (χ1) is 11.9. The first-order valence-corrected chi connectivity index (χ1v) is 10.3. The Morgan fingerprint density at radius 3 is 2.15 bits per heavy atom. The van der Waals surface area contributed by atoms with Crippen LogP contribution in [0.5, 0.6) is 0 Å². The molecular formula is C15H17F5N2O2S2. The van der Waals surface area contributed by atoms with E-state index in [1.807, 2.05) is 0 Å². The van der Waals surface area contributed by atoms with Gasteiger partial charge >= 0.3 is 6.18 Å². The Kier molecular flexibility index (Phi) is 4.82. The predicted molar refractivity (Wildman–Crippen MR) is 87.0 cm³/mol. The van der Waals surface area contributed by atoms with Crippen molar-refractivity contribution in [2.45, 2.75) is 29.8 Å². The fraction of sp³-hybridized carbons (Fsp3) is 0.600. The molecule has 1 heterocycles. The first-order valence-electron chi connectivity index (χ1n) is 7.84. The highest BCUT2D eigenvalue weighted by Crippen LogP contribution is 2.71. The van der Waals surface area contributed by atoms with Crippen LogP contribution in [0, 0.1) is 11.3 Å². The van der Waals surface area contributed by atoms with E-state index in [1.165, 1.54) is 12.1 Å². The number of rotatable bonds is 4. The van der Waals surface area contributed by atoms with Crippen molar-refractivity contribution in [2.24, 2.45) is 16.5 Å². The van der Waals surface area contributed by atoms with Crippen molar-refractivity contribution in [3.05, 3.63) is 29.8 Å². The van der Waals surface area contributed by atoms with Crippen molar-refractivity contribution >= 4 is 22.0 Å². The van der Waals surface area contributed by atoms with Crippen molar-refractivity contribution in [3.63, 3.8) is 0 Å². The third-order valence-corrected chi connectivity index (χ3v) is 7.45. The van der Waals surface area contributed by atoms with Crippen LogP contribution in [0.2, 0.25) is 0 Å². The maximum absolute atomic E-state index is 14.3. The van der Waals surface area contributed by atoms with Gasteiger partial charge in [-0.25, -0.2) is 13.9 Å². The summed E-state index contributed by atoms with van der Waals surface area (Å²) < 4.78 is 89.9. The predicted octanol–water partition coefficient (Wildman–Crippen LogP) is 3.35. The van der Waals surface area contributed by atoms with E-state index in [0.717, 1.165) is 28.2 Å². The van der Waals surface area contributed by atoms with E-state index < -0.39 is 39.2 Å². The third kappa shape index (κ3) is 3.46. The largest absolute Gasteiger partial charge is 0.416 e. The molecule has 1 aromatic rings. The van der Waals surface area contributed by atoms with Crippen LogP contribution < -0.4 is 5.14 Å². The van der Waals surface area contributed by atoms with Crippen molar-refractivity contribution in [1.29, 1.82) is 0 Å². The lowest BCUT2D eigenvalue weighted by atomic mass is 9.92. The Labute approximate surface area is 152 Å². The van der Waals surface area contributed by atoms with Crippen LogP contribution in [-0.4, -0.2) is 37.5 Å². The number of nitrogens with zero attached hydrogens (tertiary/aromatic N) is 1. The molecule has 4 nitrogen and oxygen atoms in total. The quantitative estimate of drug-likeness (QED) is 0.605. The van der Waals surface area contributed by atoms with Crippen molar-refractivity contribution in [3.8, 4) is 0 Å². The number of thioether (sulfide) groups is 1. The minimum Gasteiger partial charge on any atom is -0.216 e. The van der Waals surface area contributed by atoms with E-state index in [1.54, 1.807) is 0 Å². The lowest BCUT2D eigenvalue weighted by Gasteiger charge is -2.30. The van der Waals surface area contributed by atoms with Crippen LogP contribution >= 0.6 is 11.8 Å². The molecule has 1 unspecified atom stereocenters. The molecule has 2 N–H and O–H groups in total. The normalized spacial score (nSPS) is 25.4. The molecule has 0 amide bonds. The highest BCUT2D eigenvalue weighted by Gasteiger charge is 2.79. The minimum absolute atomic E-state index is 0.0225. The average molecular weight is 416 g/mol. The summed E-state index contributed by atoms with van der Waals surface area (Å²) in [6.45, 7) is -0.0915. The summed E-state index contributed by atoms with van der Waals surface area (Å²) in [6.07, 6.45) is -4.39. The molecular weight excluding hydrogens is 399 g/mol. The molecule has 1 aliphatic heterocycles. The van der Waals surface area contributed by atoms with Gasteiger partial charge in [0, 0.05) is 35.1 Å². The number of alkyl halides is 5. The molecule has 1 saturated heterocycles. The molecule has 0 radical (unpaired) electrons. The van der Waals surface area contributed by atoms with E-state index in [9.17, 15) is 30.4 Å². The molecule has 0 bridgehead atoms. The van der Waals surface area contributed by atoms with Crippen molar-refractivity contribution in [1.82, 2.24) is 4.31 Å². The lowest BCUT2D eigenvalue weighted by molar-refractivity contribution is -0.137. The number of halogens is 5. The number of hydrogen-bond donors (Lipinski definition) is 1. The van der Waals surface area contributed by atoms with Gasteiger partial charge in [-0.05, 0) is 37.1 Å². The standard InChI is InChI=1S/C15H17F5N2O2S2/c16-14(17)12(13(14)5-7-22(8-6-13)26(21,23)24)9-25-11-3-1-10(2-4-11)15(18,19)20/h1-4,12H,5-9H2,(H2,21,23,24). The second-order valence-electron chi connectivity index (χ2n) is 6.61. The van der Waals surface area contributed by atoms with Gasteiger partial charge in [0.1, 0.15) is 0 Å². The molecule has 1 aliphatic carbocycles. The number of benzene rings is 1. The summed E-state index contributed by atoms with van der Waals surface area (Å²) in [7, 11) is -3.88. The second kappa shape index (κ2) is 6.32. The average Bonchev–Trinajstić information content (AvgIpc) is 2.97. The fourth-order valence-corrected chi connectivity index (χ4v) is 5.50. The minimum atomic E-state index is -4.44. The SMILES string of the molecule is NS(=O)(=O)N1CCC2(CC1)C(CSc1ccc(C(F)(F)F)cc1)C2(F)F. The van der Waals surface area contributed by atoms with Gasteiger partial charge in [-0.2, -0.15) is 25.9 Å². The van der Waals surface area contributed by atoms with E-state index in [0.29, 0.717) is 4.90 Å². The van der Waals surface area contributed by atoms with Crippen LogP contribution in [0.1, 0.15) is 18.4 Å². The Hall–Kier alpha value is -0.910. The monoisotopic (exact) mass is 416 g/mol. The molecule has 1 aromatic carbocycles. The summed E-state index contributed by atoms with van der Waals surface area (Å²) in [5.74, 6) is -3.77. The molecule has 3 rings (SSSR count). The van der Waals surface area contributed by atoms with Crippen LogP contribution in [0.3, 0.4) is 0 Å². The van der Waals surface area contributed by atoms with Crippen molar-refractivity contribution in [2.75, 3.05) is 18.8 Å². The number of piperidine rings is 1. The highest BCUT2D eigenvalue weighted by molar-refractivity contribution is 7.99. The smallest absolute Gasteiger partial charge is 0.216 e. The summed E-state index contributed by atoms with van der Waals surface area (Å²) in [5.41, 5.74) is -2.03. The number of hydrogen-bond acceptors (Lipinski definition) is 3. The maximum Gasteiger partial charge on any atom is 0.416 e. The van der Waals surface area contributed by atoms with Crippen LogP contribution in [0.4, 0.5) is 22.0 Å². The van der Waals surface area contributed by atoms with E-state index >= 15 is 0 Å². The van der Waals surface area contributed by atoms with Crippen LogP contribution in [0.25, 0.3) is 0 Å². The molecule has 146 valence electrons. The van der Waals surface area contributed by atoms with Crippen molar-refractivity contribution < 1.29 is 30.4 Å². The third-order valence-electron chi connectivity index (χ3n) is 5.26. The van der Waals surface area contributed by atoms with Gasteiger partial charge in [0.15, 0.2) is 0 Å². The second-order valence-corrected chi connectivity index (χ2v) is 9.25. The van der Waals surface area contributed by atoms with Gasteiger partial charge in [0.2, 0.25) is 0 Å². The number of nitrogens with two attached hydrogens (primary N) is 1. The zero-order valence-corrected chi connectivity index (χ0v) is 15.1. The Balaban J connectivity index is 1.61. The van der Waals surface area contributed by atoms with Gasteiger partial charge in [-0.1, -0.05) is 0 Å².